The summed E-state index contributed by atoms with van der Waals surface area (Å²) in [5, 5.41) is 15.9. The highest BCUT2D eigenvalue weighted by molar-refractivity contribution is 9.10. The molecule has 1 aromatic heterocycles. The smallest absolute Gasteiger partial charge is 0.339 e. The number of hydrogen-bond donors (Lipinski definition) is 2. The van der Waals surface area contributed by atoms with Gasteiger partial charge in [0.25, 0.3) is 0 Å². The number of carbonyl (C=O) groups is 1. The number of H-pyrrole nitrogens is 1. The molecule has 1 heterocycles. The van der Waals surface area contributed by atoms with Gasteiger partial charge in [-0.15, -0.1) is 0 Å². The van der Waals surface area contributed by atoms with Crippen LogP contribution in [0.2, 0.25) is 0 Å². The van der Waals surface area contributed by atoms with E-state index in [1.807, 2.05) is 24.3 Å². The van der Waals surface area contributed by atoms with Crippen molar-refractivity contribution >= 4 is 21.9 Å². The molecular formula is C12H11BrN2O2. The van der Waals surface area contributed by atoms with Crippen molar-refractivity contribution in [2.75, 3.05) is 0 Å². The highest BCUT2D eigenvalue weighted by Crippen LogP contribution is 2.18. The van der Waals surface area contributed by atoms with Gasteiger partial charge in [-0.25, -0.2) is 4.79 Å². The quantitative estimate of drug-likeness (QED) is 0.915. The Morgan fingerprint density at radius 1 is 1.53 bits per heavy atom. The predicted octanol–water partition coefficient (Wildman–Crippen LogP) is 2.77. The van der Waals surface area contributed by atoms with Crippen molar-refractivity contribution in [2.45, 2.75) is 13.3 Å². The first-order valence-electron chi connectivity index (χ1n) is 5.09. The first-order valence-corrected chi connectivity index (χ1v) is 5.89. The van der Waals surface area contributed by atoms with E-state index in [1.54, 1.807) is 6.92 Å². The number of nitrogens with one attached hydrogen (secondary N) is 1. The van der Waals surface area contributed by atoms with E-state index < -0.39 is 5.97 Å². The zero-order valence-electron chi connectivity index (χ0n) is 9.20. The SMILES string of the molecule is Cc1[nH]nc(Cc2cccc(Br)c2)c1C(=O)O. The molecule has 0 radical (unpaired) electrons. The number of hydrogen-bond acceptors (Lipinski definition) is 2. The van der Waals surface area contributed by atoms with Gasteiger partial charge < -0.3 is 5.11 Å². The highest BCUT2D eigenvalue weighted by atomic mass is 79.9. The lowest BCUT2D eigenvalue weighted by atomic mass is 10.1. The van der Waals surface area contributed by atoms with Crippen LogP contribution in [0, 0.1) is 6.92 Å². The molecule has 5 heteroatoms. The van der Waals surface area contributed by atoms with Gasteiger partial charge in [-0.3, -0.25) is 5.10 Å². The molecule has 2 rings (SSSR count). The summed E-state index contributed by atoms with van der Waals surface area (Å²) in [5.74, 6) is -0.943. The molecule has 0 atom stereocenters. The molecule has 4 nitrogen and oxygen atoms in total. The molecule has 0 fully saturated rings. The average Bonchev–Trinajstić information content (AvgIpc) is 2.59. The molecule has 0 unspecified atom stereocenters. The molecule has 0 amide bonds. The van der Waals surface area contributed by atoms with E-state index in [9.17, 15) is 4.79 Å². The average molecular weight is 295 g/mol. The Morgan fingerprint density at radius 2 is 2.29 bits per heavy atom. The molecule has 1 aromatic carbocycles. The molecule has 0 bridgehead atoms. The number of aryl methyl sites for hydroxylation is 1. The van der Waals surface area contributed by atoms with Crippen LogP contribution in [0.1, 0.15) is 27.3 Å². The van der Waals surface area contributed by atoms with Crippen molar-refractivity contribution in [2.24, 2.45) is 0 Å². The predicted molar refractivity (Wildman–Crippen MR) is 67.2 cm³/mol. The Morgan fingerprint density at radius 3 is 2.94 bits per heavy atom. The second kappa shape index (κ2) is 4.71. The lowest BCUT2D eigenvalue weighted by Crippen LogP contribution is -2.02. The molecule has 0 aliphatic heterocycles. The van der Waals surface area contributed by atoms with Gasteiger partial charge in [0.05, 0.1) is 5.69 Å². The number of carboxylic acids is 1. The van der Waals surface area contributed by atoms with Crippen LogP contribution in [0.4, 0.5) is 0 Å². The van der Waals surface area contributed by atoms with Gasteiger partial charge >= 0.3 is 5.97 Å². The van der Waals surface area contributed by atoms with Crippen LogP contribution in [-0.2, 0) is 6.42 Å². The van der Waals surface area contributed by atoms with Crippen LogP contribution in [0.5, 0.6) is 0 Å². The summed E-state index contributed by atoms with van der Waals surface area (Å²) >= 11 is 3.38. The van der Waals surface area contributed by atoms with Crippen LogP contribution in [0.3, 0.4) is 0 Å². The van der Waals surface area contributed by atoms with Gasteiger partial charge in [-0.05, 0) is 24.6 Å². The molecule has 17 heavy (non-hydrogen) atoms. The molecule has 0 aliphatic carbocycles. The summed E-state index contributed by atoms with van der Waals surface area (Å²) in [7, 11) is 0. The fraction of sp³-hybridized carbons (Fsp3) is 0.167. The lowest BCUT2D eigenvalue weighted by Gasteiger charge is -2.01. The van der Waals surface area contributed by atoms with E-state index in [-0.39, 0.29) is 5.56 Å². The normalized spacial score (nSPS) is 10.5. The Balaban J connectivity index is 2.33. The maximum atomic E-state index is 11.1. The largest absolute Gasteiger partial charge is 0.478 e. The molecule has 0 saturated carbocycles. The summed E-state index contributed by atoms with van der Waals surface area (Å²) in [4.78, 5) is 11.1. The number of benzene rings is 1. The first-order chi connectivity index (χ1) is 8.08. The Kier molecular flexibility index (Phi) is 3.28. The summed E-state index contributed by atoms with van der Waals surface area (Å²) in [5.41, 5.74) is 2.44. The van der Waals surface area contributed by atoms with E-state index in [2.05, 4.69) is 26.1 Å². The second-order valence-corrected chi connectivity index (χ2v) is 4.70. The van der Waals surface area contributed by atoms with Crippen LogP contribution in [-0.4, -0.2) is 21.3 Å². The number of nitrogens with zero attached hydrogens (tertiary/aromatic N) is 1. The zero-order chi connectivity index (χ0) is 12.4. The number of aromatic nitrogens is 2. The van der Waals surface area contributed by atoms with E-state index in [0.717, 1.165) is 10.0 Å². The standard InChI is InChI=1S/C12H11BrN2O2/c1-7-11(12(16)17)10(15-14-7)6-8-3-2-4-9(13)5-8/h2-5H,6H2,1H3,(H,14,15)(H,16,17). The molecule has 0 spiro atoms. The van der Waals surface area contributed by atoms with Crippen LogP contribution in [0.15, 0.2) is 28.7 Å². The third-order valence-electron chi connectivity index (χ3n) is 2.50. The highest BCUT2D eigenvalue weighted by Gasteiger charge is 2.17. The lowest BCUT2D eigenvalue weighted by molar-refractivity contribution is 0.0695. The van der Waals surface area contributed by atoms with Crippen molar-refractivity contribution in [1.82, 2.24) is 10.2 Å². The molecule has 0 aliphatic rings. The van der Waals surface area contributed by atoms with E-state index in [4.69, 9.17) is 5.11 Å². The van der Waals surface area contributed by atoms with Crippen molar-refractivity contribution in [3.8, 4) is 0 Å². The molecule has 0 saturated heterocycles. The summed E-state index contributed by atoms with van der Waals surface area (Å²) in [6, 6.07) is 7.74. The zero-order valence-corrected chi connectivity index (χ0v) is 10.8. The van der Waals surface area contributed by atoms with Crippen LogP contribution in [0.25, 0.3) is 0 Å². The maximum Gasteiger partial charge on any atom is 0.339 e. The minimum Gasteiger partial charge on any atom is -0.478 e. The summed E-state index contributed by atoms with van der Waals surface area (Å²) < 4.78 is 0.971. The van der Waals surface area contributed by atoms with Gasteiger partial charge in [-0.2, -0.15) is 5.10 Å². The summed E-state index contributed by atoms with van der Waals surface area (Å²) in [6.45, 7) is 1.71. The fourth-order valence-electron chi connectivity index (χ4n) is 1.73. The number of aromatic amines is 1. The molecule has 2 aromatic rings. The number of rotatable bonds is 3. The monoisotopic (exact) mass is 294 g/mol. The van der Waals surface area contributed by atoms with Gasteiger partial charge in [0.1, 0.15) is 5.56 Å². The molecular weight excluding hydrogens is 284 g/mol. The van der Waals surface area contributed by atoms with Crippen molar-refractivity contribution < 1.29 is 9.90 Å². The number of aromatic carboxylic acids is 1. The minimum absolute atomic E-state index is 0.268. The topological polar surface area (TPSA) is 66.0 Å². The minimum atomic E-state index is -0.943. The van der Waals surface area contributed by atoms with Crippen molar-refractivity contribution in [3.63, 3.8) is 0 Å². The van der Waals surface area contributed by atoms with Crippen molar-refractivity contribution in [3.05, 3.63) is 51.3 Å². The Hall–Kier alpha value is -1.62. The Labute approximate surface area is 107 Å². The van der Waals surface area contributed by atoms with Crippen molar-refractivity contribution in [1.29, 1.82) is 0 Å². The molecule has 2 N–H and O–H groups in total. The van der Waals surface area contributed by atoms with Gasteiger partial charge in [-0.1, -0.05) is 28.1 Å². The van der Waals surface area contributed by atoms with E-state index in [0.29, 0.717) is 17.8 Å². The van der Waals surface area contributed by atoms with Gasteiger partial charge in [0.15, 0.2) is 0 Å². The summed E-state index contributed by atoms with van der Waals surface area (Å²) in [6.07, 6.45) is 0.505. The van der Waals surface area contributed by atoms with E-state index in [1.165, 1.54) is 0 Å². The number of carboxylic acid groups (broad SMARTS) is 1. The Bertz CT molecular complexity index is 563. The third kappa shape index (κ3) is 2.55. The fourth-order valence-corrected chi connectivity index (χ4v) is 2.18. The van der Waals surface area contributed by atoms with Crippen LogP contribution < -0.4 is 0 Å². The second-order valence-electron chi connectivity index (χ2n) is 3.78. The third-order valence-corrected chi connectivity index (χ3v) is 2.99. The van der Waals surface area contributed by atoms with Gasteiger partial charge in [0.2, 0.25) is 0 Å². The van der Waals surface area contributed by atoms with Gasteiger partial charge in [0, 0.05) is 16.6 Å². The van der Waals surface area contributed by atoms with E-state index >= 15 is 0 Å². The first kappa shape index (κ1) is 11.9. The number of halogens is 1. The van der Waals surface area contributed by atoms with Crippen LogP contribution >= 0.6 is 15.9 Å². The molecule has 88 valence electrons. The maximum absolute atomic E-state index is 11.1.